The Hall–Kier alpha value is -0.570. The number of carbonyl (C=O) groups excluding carboxylic acids is 1. The summed E-state index contributed by atoms with van der Waals surface area (Å²) < 4.78 is 0. The van der Waals surface area contributed by atoms with Gasteiger partial charge in [-0.2, -0.15) is 0 Å². The molecule has 1 fully saturated rings. The second-order valence-electron chi connectivity index (χ2n) is 4.49. The zero-order valence-electron chi connectivity index (χ0n) is 9.25. The summed E-state index contributed by atoms with van der Waals surface area (Å²) in [5, 5.41) is 3.04. The van der Waals surface area contributed by atoms with Crippen molar-refractivity contribution in [2.75, 3.05) is 0 Å². The molecule has 82 valence electrons. The summed E-state index contributed by atoms with van der Waals surface area (Å²) in [6, 6.07) is 0.0380. The zero-order chi connectivity index (χ0) is 10.6. The molecule has 3 nitrogen and oxygen atoms in total. The predicted octanol–water partition coefficient (Wildman–Crippen LogP) is 1.42. The summed E-state index contributed by atoms with van der Waals surface area (Å²) in [6.07, 6.45) is 5.47. The number of rotatable bonds is 3. The first-order valence-electron chi connectivity index (χ1n) is 5.69. The van der Waals surface area contributed by atoms with Gasteiger partial charge in [0.1, 0.15) is 0 Å². The van der Waals surface area contributed by atoms with E-state index in [9.17, 15) is 4.79 Å². The molecule has 0 saturated heterocycles. The summed E-state index contributed by atoms with van der Waals surface area (Å²) in [4.78, 5) is 11.5. The maximum absolute atomic E-state index is 11.5. The van der Waals surface area contributed by atoms with Gasteiger partial charge >= 0.3 is 0 Å². The lowest BCUT2D eigenvalue weighted by Gasteiger charge is -2.28. The number of amides is 1. The largest absolute Gasteiger partial charge is 0.352 e. The fourth-order valence-corrected chi connectivity index (χ4v) is 2.06. The highest BCUT2D eigenvalue weighted by atomic mass is 16.2. The van der Waals surface area contributed by atoms with Gasteiger partial charge in [0.2, 0.25) is 5.91 Å². The van der Waals surface area contributed by atoms with Crippen molar-refractivity contribution < 1.29 is 4.79 Å². The van der Waals surface area contributed by atoms with Crippen LogP contribution in [0.4, 0.5) is 0 Å². The van der Waals surface area contributed by atoms with Crippen LogP contribution in [0.2, 0.25) is 0 Å². The fraction of sp³-hybridized carbons (Fsp3) is 0.909. The Morgan fingerprint density at radius 2 is 2.29 bits per heavy atom. The second kappa shape index (κ2) is 5.35. The van der Waals surface area contributed by atoms with Gasteiger partial charge in [0, 0.05) is 6.04 Å². The predicted molar refractivity (Wildman–Crippen MR) is 57.8 cm³/mol. The van der Waals surface area contributed by atoms with E-state index in [1.807, 2.05) is 6.92 Å². The van der Waals surface area contributed by atoms with Crippen molar-refractivity contribution in [3.63, 3.8) is 0 Å². The first-order chi connectivity index (χ1) is 6.63. The maximum Gasteiger partial charge on any atom is 0.237 e. The maximum atomic E-state index is 11.5. The van der Waals surface area contributed by atoms with E-state index >= 15 is 0 Å². The Morgan fingerprint density at radius 1 is 1.57 bits per heavy atom. The molecule has 0 spiro atoms. The van der Waals surface area contributed by atoms with Crippen LogP contribution in [0.1, 0.15) is 46.0 Å². The van der Waals surface area contributed by atoms with Gasteiger partial charge in [0.15, 0.2) is 0 Å². The van der Waals surface area contributed by atoms with Gasteiger partial charge in [-0.15, -0.1) is 0 Å². The highest BCUT2D eigenvalue weighted by Crippen LogP contribution is 2.23. The van der Waals surface area contributed by atoms with Gasteiger partial charge < -0.3 is 11.1 Å². The molecule has 0 aromatic heterocycles. The molecule has 2 unspecified atom stereocenters. The zero-order valence-corrected chi connectivity index (χ0v) is 9.25. The van der Waals surface area contributed by atoms with Crippen molar-refractivity contribution in [3.8, 4) is 0 Å². The van der Waals surface area contributed by atoms with Gasteiger partial charge in [-0.1, -0.05) is 26.7 Å². The smallest absolute Gasteiger partial charge is 0.237 e. The van der Waals surface area contributed by atoms with Gasteiger partial charge in [0.25, 0.3) is 0 Å². The quantitative estimate of drug-likeness (QED) is 0.720. The van der Waals surface area contributed by atoms with E-state index in [0.29, 0.717) is 12.5 Å². The minimum atomic E-state index is -0.327. The van der Waals surface area contributed by atoms with Crippen LogP contribution in [0.25, 0.3) is 0 Å². The lowest BCUT2D eigenvalue weighted by molar-refractivity contribution is -0.123. The van der Waals surface area contributed by atoms with Crippen molar-refractivity contribution in [1.29, 1.82) is 0 Å². The first kappa shape index (κ1) is 11.5. The molecule has 0 heterocycles. The van der Waals surface area contributed by atoms with Crippen LogP contribution in [0.15, 0.2) is 0 Å². The van der Waals surface area contributed by atoms with Crippen molar-refractivity contribution in [1.82, 2.24) is 5.32 Å². The molecule has 3 atom stereocenters. The number of carbonyl (C=O) groups is 1. The Balaban J connectivity index is 2.32. The minimum Gasteiger partial charge on any atom is -0.352 e. The normalized spacial score (nSPS) is 29.6. The third kappa shape index (κ3) is 3.29. The van der Waals surface area contributed by atoms with Gasteiger partial charge in [-0.3, -0.25) is 4.79 Å². The molecule has 0 aromatic rings. The van der Waals surface area contributed by atoms with Gasteiger partial charge in [-0.05, 0) is 25.2 Å². The van der Waals surface area contributed by atoms with E-state index in [4.69, 9.17) is 5.73 Å². The molecule has 0 bridgehead atoms. The highest BCUT2D eigenvalue weighted by Gasteiger charge is 2.21. The number of nitrogens with two attached hydrogens (primary N) is 1. The summed E-state index contributed by atoms with van der Waals surface area (Å²) in [7, 11) is 0. The molecule has 0 radical (unpaired) electrons. The average molecular weight is 198 g/mol. The highest BCUT2D eigenvalue weighted by molar-refractivity contribution is 5.81. The Labute approximate surface area is 86.4 Å². The van der Waals surface area contributed by atoms with E-state index in [0.717, 1.165) is 18.8 Å². The number of hydrogen-bond acceptors (Lipinski definition) is 2. The third-order valence-electron chi connectivity index (χ3n) is 3.06. The summed E-state index contributed by atoms with van der Waals surface area (Å²) in [5.41, 5.74) is 5.66. The Morgan fingerprint density at radius 3 is 2.86 bits per heavy atom. The molecule has 1 aliphatic carbocycles. The lowest BCUT2D eigenvalue weighted by atomic mass is 9.87. The average Bonchev–Trinajstić information content (AvgIpc) is 2.16. The lowest BCUT2D eigenvalue weighted by Crippen LogP contribution is -2.46. The van der Waals surface area contributed by atoms with Gasteiger partial charge in [-0.25, -0.2) is 0 Å². The minimum absolute atomic E-state index is 0.0200. The molecular formula is C11H22N2O. The summed E-state index contributed by atoms with van der Waals surface area (Å²) in [5.74, 6) is 0.763. The standard InChI is InChI=1S/C11H22N2O/c1-3-10(12)11(14)13-9-6-4-5-8(2)7-9/h8-10H,3-7,12H2,1-2H3,(H,13,14)/t8?,9?,10-/m1/s1. The van der Waals surface area contributed by atoms with E-state index in [2.05, 4.69) is 12.2 Å². The molecule has 3 heteroatoms. The van der Waals surface area contributed by atoms with E-state index < -0.39 is 0 Å². The molecule has 1 rings (SSSR count). The number of nitrogens with one attached hydrogen (secondary N) is 1. The topological polar surface area (TPSA) is 55.1 Å². The van der Waals surface area contributed by atoms with Crippen LogP contribution < -0.4 is 11.1 Å². The number of hydrogen-bond donors (Lipinski definition) is 2. The second-order valence-corrected chi connectivity index (χ2v) is 4.49. The van der Waals surface area contributed by atoms with Crippen molar-refractivity contribution in [2.24, 2.45) is 11.7 Å². The van der Waals surface area contributed by atoms with E-state index in [-0.39, 0.29) is 11.9 Å². The van der Waals surface area contributed by atoms with Crippen LogP contribution in [0, 0.1) is 5.92 Å². The van der Waals surface area contributed by atoms with E-state index in [1.165, 1.54) is 12.8 Å². The molecule has 1 saturated carbocycles. The first-order valence-corrected chi connectivity index (χ1v) is 5.69. The molecule has 1 amide bonds. The van der Waals surface area contributed by atoms with Crippen LogP contribution in [-0.4, -0.2) is 18.0 Å². The monoisotopic (exact) mass is 198 g/mol. The van der Waals surface area contributed by atoms with Crippen LogP contribution in [-0.2, 0) is 4.79 Å². The van der Waals surface area contributed by atoms with Crippen molar-refractivity contribution in [3.05, 3.63) is 0 Å². The SMILES string of the molecule is CC[C@@H](N)C(=O)NC1CCCC(C)C1. The van der Waals surface area contributed by atoms with Crippen molar-refractivity contribution >= 4 is 5.91 Å². The molecule has 1 aliphatic rings. The van der Waals surface area contributed by atoms with Crippen LogP contribution in [0.5, 0.6) is 0 Å². The third-order valence-corrected chi connectivity index (χ3v) is 3.06. The molecule has 3 N–H and O–H groups in total. The molecule has 0 aliphatic heterocycles. The fourth-order valence-electron chi connectivity index (χ4n) is 2.06. The molecule has 0 aromatic carbocycles. The van der Waals surface area contributed by atoms with Gasteiger partial charge in [0.05, 0.1) is 6.04 Å². The van der Waals surface area contributed by atoms with Crippen LogP contribution >= 0.6 is 0 Å². The molecular weight excluding hydrogens is 176 g/mol. The summed E-state index contributed by atoms with van der Waals surface area (Å²) >= 11 is 0. The Kier molecular flexibility index (Phi) is 4.39. The van der Waals surface area contributed by atoms with E-state index in [1.54, 1.807) is 0 Å². The summed E-state index contributed by atoms with van der Waals surface area (Å²) in [6.45, 7) is 4.19. The Bertz CT molecular complexity index is 194. The van der Waals surface area contributed by atoms with Crippen LogP contribution in [0.3, 0.4) is 0 Å². The molecule has 14 heavy (non-hydrogen) atoms. The van der Waals surface area contributed by atoms with Crippen molar-refractivity contribution in [2.45, 2.75) is 58.0 Å².